The van der Waals surface area contributed by atoms with Crippen LogP contribution in [0.4, 0.5) is 4.79 Å². The lowest BCUT2D eigenvalue weighted by Gasteiger charge is -2.38. The van der Waals surface area contributed by atoms with Gasteiger partial charge in [-0.15, -0.1) is 0 Å². The average molecular weight is 642 g/mol. The molecule has 1 aliphatic rings. The van der Waals surface area contributed by atoms with E-state index in [1.54, 1.807) is 0 Å². The van der Waals surface area contributed by atoms with Gasteiger partial charge in [0.15, 0.2) is 6.29 Å². The Kier molecular flexibility index (Phi) is 11.3. The maximum Gasteiger partial charge on any atom is 0.315 e. The van der Waals surface area contributed by atoms with Crippen LogP contribution in [-0.4, -0.2) is 35.7 Å². The van der Waals surface area contributed by atoms with Gasteiger partial charge < -0.3 is 25.2 Å². The molecule has 6 rings (SSSR count). The van der Waals surface area contributed by atoms with Crippen molar-refractivity contribution in [1.29, 1.82) is 0 Å². The van der Waals surface area contributed by atoms with Crippen LogP contribution in [0.3, 0.4) is 0 Å². The lowest BCUT2D eigenvalue weighted by atomic mass is 9.99. The van der Waals surface area contributed by atoms with Gasteiger partial charge in [-0.25, -0.2) is 4.79 Å². The molecule has 0 aromatic heterocycles. The van der Waals surface area contributed by atoms with Crippen molar-refractivity contribution in [2.75, 3.05) is 13.6 Å². The summed E-state index contributed by atoms with van der Waals surface area (Å²) in [7, 11) is 2.13. The highest BCUT2D eigenvalue weighted by molar-refractivity contribution is 5.74. The van der Waals surface area contributed by atoms with E-state index < -0.39 is 6.29 Å². The maximum absolute atomic E-state index is 12.4. The highest BCUT2D eigenvalue weighted by atomic mass is 16.7. The molecule has 1 fully saturated rings. The minimum Gasteiger partial charge on any atom is -0.392 e. The van der Waals surface area contributed by atoms with Crippen molar-refractivity contribution in [3.8, 4) is 11.1 Å². The largest absolute Gasteiger partial charge is 0.392 e. The van der Waals surface area contributed by atoms with Crippen molar-refractivity contribution in [2.24, 2.45) is 0 Å². The van der Waals surface area contributed by atoms with Crippen molar-refractivity contribution < 1.29 is 19.4 Å². The molecule has 1 aliphatic heterocycles. The molecule has 0 radical (unpaired) electrons. The third-order valence-corrected chi connectivity index (χ3v) is 8.62. The summed E-state index contributed by atoms with van der Waals surface area (Å²) < 4.78 is 13.2. The van der Waals surface area contributed by atoms with Crippen LogP contribution in [0.15, 0.2) is 133 Å². The zero-order valence-electron chi connectivity index (χ0n) is 27.3. The summed E-state index contributed by atoms with van der Waals surface area (Å²) in [5.41, 5.74) is 8.39. The van der Waals surface area contributed by atoms with Crippen LogP contribution < -0.4 is 10.6 Å². The SMILES string of the molecule is CN(Cc1ccccc1)C[C@@H]1C[C@H](c2ccc(CO)cc2)O[C@H](c2ccc(-c3cccc(CNC(=O)NCc4ccccc4)c3)cc2)O1. The molecule has 3 N–H and O–H groups in total. The second kappa shape index (κ2) is 16.4. The van der Waals surface area contributed by atoms with Gasteiger partial charge in [-0.1, -0.05) is 127 Å². The smallest absolute Gasteiger partial charge is 0.315 e. The second-order valence-electron chi connectivity index (χ2n) is 12.4. The van der Waals surface area contributed by atoms with Gasteiger partial charge in [-0.05, 0) is 52.1 Å². The van der Waals surface area contributed by atoms with E-state index in [4.69, 9.17) is 9.47 Å². The number of amides is 2. The molecule has 0 aliphatic carbocycles. The first kappa shape index (κ1) is 33.1. The van der Waals surface area contributed by atoms with Crippen molar-refractivity contribution in [1.82, 2.24) is 15.5 Å². The molecular weight excluding hydrogens is 598 g/mol. The van der Waals surface area contributed by atoms with E-state index >= 15 is 0 Å². The van der Waals surface area contributed by atoms with E-state index in [1.807, 2.05) is 72.8 Å². The number of aliphatic hydroxyl groups is 1. The molecule has 48 heavy (non-hydrogen) atoms. The first-order valence-corrected chi connectivity index (χ1v) is 16.5. The van der Waals surface area contributed by atoms with Gasteiger partial charge in [0.05, 0.1) is 18.8 Å². The van der Waals surface area contributed by atoms with Gasteiger partial charge >= 0.3 is 6.03 Å². The first-order valence-electron chi connectivity index (χ1n) is 16.5. The fourth-order valence-corrected chi connectivity index (χ4v) is 6.06. The number of hydrogen-bond donors (Lipinski definition) is 3. The fourth-order valence-electron chi connectivity index (χ4n) is 6.06. The van der Waals surface area contributed by atoms with Crippen molar-refractivity contribution in [2.45, 2.75) is 51.2 Å². The highest BCUT2D eigenvalue weighted by Crippen LogP contribution is 2.38. The molecule has 7 nitrogen and oxygen atoms in total. The molecule has 0 spiro atoms. The summed E-state index contributed by atoms with van der Waals surface area (Å²) >= 11 is 0. The Morgan fingerprint density at radius 1 is 0.688 bits per heavy atom. The molecule has 246 valence electrons. The van der Waals surface area contributed by atoms with Crippen LogP contribution >= 0.6 is 0 Å². The van der Waals surface area contributed by atoms with E-state index in [1.165, 1.54) is 5.56 Å². The van der Waals surface area contributed by atoms with E-state index in [-0.39, 0.29) is 24.8 Å². The van der Waals surface area contributed by atoms with Gasteiger partial charge in [-0.3, -0.25) is 4.90 Å². The normalized spacial score (nSPS) is 17.6. The van der Waals surface area contributed by atoms with Crippen LogP contribution in [0.1, 0.15) is 52.2 Å². The zero-order valence-corrected chi connectivity index (χ0v) is 27.3. The van der Waals surface area contributed by atoms with Gasteiger partial charge in [-0.2, -0.15) is 0 Å². The summed E-state index contributed by atoms with van der Waals surface area (Å²) in [6, 6.07) is 44.7. The van der Waals surface area contributed by atoms with Crippen molar-refractivity contribution in [3.05, 3.63) is 167 Å². The Bertz CT molecular complexity index is 1730. The topological polar surface area (TPSA) is 83.1 Å². The van der Waals surface area contributed by atoms with Crippen LogP contribution in [0.25, 0.3) is 11.1 Å². The third kappa shape index (κ3) is 9.18. The van der Waals surface area contributed by atoms with Crippen molar-refractivity contribution >= 4 is 6.03 Å². The lowest BCUT2D eigenvalue weighted by Crippen LogP contribution is -2.37. The van der Waals surface area contributed by atoms with Crippen molar-refractivity contribution in [3.63, 3.8) is 0 Å². The molecule has 1 saturated heterocycles. The molecule has 1 heterocycles. The van der Waals surface area contributed by atoms with Crippen LogP contribution in [-0.2, 0) is 35.7 Å². The van der Waals surface area contributed by atoms with Gasteiger partial charge in [0, 0.05) is 38.2 Å². The van der Waals surface area contributed by atoms with E-state index in [2.05, 4.69) is 83.2 Å². The van der Waals surface area contributed by atoms with Crippen LogP contribution in [0.2, 0.25) is 0 Å². The summed E-state index contributed by atoms with van der Waals surface area (Å²) in [6.45, 7) is 2.53. The lowest BCUT2D eigenvalue weighted by molar-refractivity contribution is -0.252. The summed E-state index contributed by atoms with van der Waals surface area (Å²) in [6.07, 6.45) is 0.0431. The number of ether oxygens (including phenoxy) is 2. The second-order valence-corrected chi connectivity index (χ2v) is 12.4. The van der Waals surface area contributed by atoms with E-state index in [0.717, 1.165) is 58.5 Å². The molecule has 5 aromatic carbocycles. The molecule has 0 saturated carbocycles. The monoisotopic (exact) mass is 641 g/mol. The summed E-state index contributed by atoms with van der Waals surface area (Å²) in [4.78, 5) is 14.7. The molecule has 7 heteroatoms. The van der Waals surface area contributed by atoms with Crippen LogP contribution in [0, 0.1) is 0 Å². The molecule has 0 unspecified atom stereocenters. The number of nitrogens with one attached hydrogen (secondary N) is 2. The summed E-state index contributed by atoms with van der Waals surface area (Å²) in [5.74, 6) is 0. The molecule has 0 bridgehead atoms. The molecule has 5 aromatic rings. The first-order chi connectivity index (χ1) is 23.5. The number of rotatable bonds is 12. The maximum atomic E-state index is 12.4. The highest BCUT2D eigenvalue weighted by Gasteiger charge is 2.32. The number of benzene rings is 5. The number of carbonyl (C=O) groups excluding carboxylic acids is 1. The predicted molar refractivity (Wildman–Crippen MR) is 189 cm³/mol. The van der Waals surface area contributed by atoms with Gasteiger partial charge in [0.25, 0.3) is 0 Å². The number of aliphatic hydroxyl groups excluding tert-OH is 1. The number of likely N-dealkylation sites (N-methyl/N-ethyl adjacent to an activating group) is 1. The zero-order chi connectivity index (χ0) is 33.1. The number of hydrogen-bond acceptors (Lipinski definition) is 5. The Hall–Kier alpha value is -4.79. The minimum atomic E-state index is -0.518. The third-order valence-electron chi connectivity index (χ3n) is 8.62. The molecule has 2 amide bonds. The Morgan fingerprint density at radius 3 is 2.00 bits per heavy atom. The Balaban J connectivity index is 1.11. The average Bonchev–Trinajstić information content (AvgIpc) is 3.14. The quantitative estimate of drug-likeness (QED) is 0.131. The van der Waals surface area contributed by atoms with E-state index in [9.17, 15) is 9.90 Å². The number of urea groups is 1. The fraction of sp³-hybridized carbons (Fsp3) is 0.244. The van der Waals surface area contributed by atoms with Gasteiger partial charge in [0.1, 0.15) is 0 Å². The van der Waals surface area contributed by atoms with Gasteiger partial charge in [0.2, 0.25) is 0 Å². The minimum absolute atomic E-state index is 0.0142. The Morgan fingerprint density at radius 2 is 1.31 bits per heavy atom. The molecule has 3 atom stereocenters. The predicted octanol–water partition coefficient (Wildman–Crippen LogP) is 7.52. The molecular formula is C41H43N3O4. The number of nitrogens with zero attached hydrogens (tertiary/aromatic N) is 1. The standard InChI is InChI=1S/C41H43N3O4/c1-44(27-31-11-6-3-7-12-31)28-38-24-39(35-17-15-32(29-45)16-18-35)48-40(47-38)36-21-19-34(20-22-36)37-14-8-13-33(23-37)26-43-41(46)42-25-30-9-4-2-5-10-30/h2-23,38-40,45H,24-29H2,1H3,(H2,42,43,46)/t38-,39+,40+/m0/s1. The van der Waals surface area contributed by atoms with Crippen LogP contribution in [0.5, 0.6) is 0 Å². The Labute approximate surface area is 283 Å². The van der Waals surface area contributed by atoms with E-state index in [0.29, 0.717) is 13.1 Å². The number of carbonyl (C=O) groups is 1. The summed E-state index contributed by atoms with van der Waals surface area (Å²) in [5, 5.41) is 15.4.